The minimum atomic E-state index is -0.710. The Bertz CT molecular complexity index is 819. The number of hydrogen-bond donors (Lipinski definition) is 2. The van der Waals surface area contributed by atoms with Crippen LogP contribution in [0.15, 0.2) is 28.7 Å². The first-order chi connectivity index (χ1) is 12.0. The number of aryl methyl sites for hydroxylation is 1. The van der Waals surface area contributed by atoms with E-state index in [0.29, 0.717) is 16.3 Å². The van der Waals surface area contributed by atoms with Crippen molar-refractivity contribution in [2.24, 2.45) is 5.73 Å². The van der Waals surface area contributed by atoms with Crippen molar-refractivity contribution in [1.82, 2.24) is 0 Å². The van der Waals surface area contributed by atoms with Gasteiger partial charge in [-0.3, -0.25) is 9.59 Å². The number of primary amides is 1. The average molecular weight is 423 g/mol. The number of para-hydroxylation sites is 1. The highest BCUT2D eigenvalue weighted by Gasteiger charge is 2.26. The predicted molar refractivity (Wildman–Crippen MR) is 102 cm³/mol. The number of amides is 2. The first-order valence-electron chi connectivity index (χ1n) is 8.13. The Balaban J connectivity index is 1.77. The molecule has 0 fully saturated rings. The fraction of sp³-hybridized carbons (Fsp3) is 0.333. The van der Waals surface area contributed by atoms with Gasteiger partial charge in [-0.2, -0.15) is 0 Å². The molecule has 2 aromatic rings. The van der Waals surface area contributed by atoms with E-state index in [0.717, 1.165) is 40.6 Å². The van der Waals surface area contributed by atoms with E-state index in [4.69, 9.17) is 10.5 Å². The van der Waals surface area contributed by atoms with Crippen molar-refractivity contribution in [3.63, 3.8) is 0 Å². The van der Waals surface area contributed by atoms with Gasteiger partial charge in [0, 0.05) is 4.88 Å². The summed E-state index contributed by atoms with van der Waals surface area (Å²) in [7, 11) is 0. The van der Waals surface area contributed by atoms with Crippen molar-refractivity contribution < 1.29 is 14.3 Å². The molecule has 0 saturated carbocycles. The molecule has 1 aliphatic carbocycles. The molecular weight excluding hydrogens is 404 g/mol. The van der Waals surface area contributed by atoms with Gasteiger partial charge in [0.05, 0.1) is 10.0 Å². The Labute approximate surface area is 158 Å². The molecule has 0 aliphatic heterocycles. The lowest BCUT2D eigenvalue weighted by atomic mass is 9.95. The van der Waals surface area contributed by atoms with Gasteiger partial charge in [0.1, 0.15) is 10.8 Å². The van der Waals surface area contributed by atoms with Crippen LogP contribution >= 0.6 is 27.3 Å². The van der Waals surface area contributed by atoms with E-state index in [1.807, 2.05) is 18.2 Å². The highest BCUT2D eigenvalue weighted by Crippen LogP contribution is 2.38. The molecule has 1 heterocycles. The molecule has 0 saturated heterocycles. The monoisotopic (exact) mass is 422 g/mol. The summed E-state index contributed by atoms with van der Waals surface area (Å²) in [6.45, 7) is 1.67. The lowest BCUT2D eigenvalue weighted by Gasteiger charge is -2.15. The molecule has 3 rings (SSSR count). The zero-order valence-electron chi connectivity index (χ0n) is 13.8. The smallest absolute Gasteiger partial charge is 0.265 e. The summed E-state index contributed by atoms with van der Waals surface area (Å²) in [6, 6.07) is 7.34. The zero-order chi connectivity index (χ0) is 18.0. The molecule has 7 heteroatoms. The van der Waals surface area contributed by atoms with Crippen molar-refractivity contribution in [3.05, 3.63) is 44.7 Å². The number of carbonyl (C=O) groups is 2. The second-order valence-electron chi connectivity index (χ2n) is 5.96. The van der Waals surface area contributed by atoms with Gasteiger partial charge >= 0.3 is 0 Å². The molecule has 0 radical (unpaired) electrons. The third kappa shape index (κ3) is 3.88. The van der Waals surface area contributed by atoms with E-state index < -0.39 is 12.0 Å². The van der Waals surface area contributed by atoms with Crippen LogP contribution in [-0.4, -0.2) is 17.9 Å². The second-order valence-corrected chi connectivity index (χ2v) is 7.92. The first-order valence-corrected chi connectivity index (χ1v) is 9.74. The Morgan fingerprint density at radius 1 is 1.28 bits per heavy atom. The van der Waals surface area contributed by atoms with Crippen LogP contribution < -0.4 is 15.8 Å². The Morgan fingerprint density at radius 2 is 2.00 bits per heavy atom. The largest absolute Gasteiger partial charge is 0.480 e. The third-order valence-electron chi connectivity index (χ3n) is 4.16. The van der Waals surface area contributed by atoms with Gasteiger partial charge in [-0.1, -0.05) is 12.1 Å². The summed E-state index contributed by atoms with van der Waals surface area (Å²) in [5, 5.41) is 3.36. The van der Waals surface area contributed by atoms with Gasteiger partial charge < -0.3 is 15.8 Å². The predicted octanol–water partition coefficient (Wildman–Crippen LogP) is 3.89. The molecule has 0 bridgehead atoms. The Kier molecular flexibility index (Phi) is 5.44. The Hall–Kier alpha value is -1.86. The molecule has 1 aromatic carbocycles. The molecule has 5 nitrogen and oxygen atoms in total. The van der Waals surface area contributed by atoms with Crippen LogP contribution in [0.3, 0.4) is 0 Å². The SMILES string of the molecule is C[C@@H](Oc1ccccc1Br)C(=O)Nc1sc2c(c1C(N)=O)CCCC2. The molecule has 132 valence electrons. The minimum Gasteiger partial charge on any atom is -0.480 e. The van der Waals surface area contributed by atoms with E-state index in [1.54, 1.807) is 13.0 Å². The molecule has 2 amide bonds. The third-order valence-corrected chi connectivity index (χ3v) is 6.03. The molecule has 1 atom stereocenters. The number of thiophene rings is 1. The second kappa shape index (κ2) is 7.58. The van der Waals surface area contributed by atoms with Crippen LogP contribution in [0, 0.1) is 0 Å². The summed E-state index contributed by atoms with van der Waals surface area (Å²) < 4.78 is 6.49. The van der Waals surface area contributed by atoms with Gasteiger partial charge in [0.2, 0.25) is 0 Å². The van der Waals surface area contributed by atoms with Gasteiger partial charge in [-0.25, -0.2) is 0 Å². The fourth-order valence-corrected chi connectivity index (χ4v) is 4.59. The standard InChI is InChI=1S/C18H19BrN2O3S/c1-10(24-13-8-4-3-7-12(13)19)17(23)21-18-15(16(20)22)11-6-2-5-9-14(11)25-18/h3-4,7-8,10H,2,5-6,9H2,1H3,(H2,20,22)(H,21,23)/t10-/m1/s1. The van der Waals surface area contributed by atoms with Crippen LogP contribution in [-0.2, 0) is 17.6 Å². The van der Waals surface area contributed by atoms with Crippen LogP contribution in [0.5, 0.6) is 5.75 Å². The number of hydrogen-bond acceptors (Lipinski definition) is 4. The summed E-state index contributed by atoms with van der Waals surface area (Å²) in [5.41, 5.74) is 7.02. The molecule has 3 N–H and O–H groups in total. The van der Waals surface area contributed by atoms with E-state index in [2.05, 4.69) is 21.2 Å². The Morgan fingerprint density at radius 3 is 2.72 bits per heavy atom. The topological polar surface area (TPSA) is 81.4 Å². The number of rotatable bonds is 5. The van der Waals surface area contributed by atoms with E-state index in [1.165, 1.54) is 11.3 Å². The maximum absolute atomic E-state index is 12.5. The van der Waals surface area contributed by atoms with Crippen LogP contribution in [0.2, 0.25) is 0 Å². The quantitative estimate of drug-likeness (QED) is 0.766. The lowest BCUT2D eigenvalue weighted by molar-refractivity contribution is -0.122. The highest BCUT2D eigenvalue weighted by molar-refractivity contribution is 9.10. The van der Waals surface area contributed by atoms with Crippen molar-refractivity contribution in [1.29, 1.82) is 0 Å². The normalized spacial score (nSPS) is 14.5. The molecule has 0 spiro atoms. The first kappa shape index (κ1) is 17.9. The molecule has 1 aromatic heterocycles. The summed E-state index contributed by atoms with van der Waals surface area (Å²) in [4.78, 5) is 25.5. The average Bonchev–Trinajstić information content (AvgIpc) is 2.94. The number of anilines is 1. The number of carbonyl (C=O) groups excluding carboxylic acids is 2. The van der Waals surface area contributed by atoms with Crippen LogP contribution in [0.1, 0.15) is 40.6 Å². The van der Waals surface area contributed by atoms with Gasteiger partial charge in [0.25, 0.3) is 11.8 Å². The van der Waals surface area contributed by atoms with Crippen molar-refractivity contribution in [3.8, 4) is 5.75 Å². The van der Waals surface area contributed by atoms with Crippen molar-refractivity contribution in [2.75, 3.05) is 5.32 Å². The number of fused-ring (bicyclic) bond motifs is 1. The highest BCUT2D eigenvalue weighted by atomic mass is 79.9. The molecule has 1 aliphatic rings. The molecule has 0 unspecified atom stereocenters. The maximum Gasteiger partial charge on any atom is 0.265 e. The van der Waals surface area contributed by atoms with Gasteiger partial charge in [0.15, 0.2) is 6.10 Å². The number of nitrogens with one attached hydrogen (secondary N) is 1. The summed E-state index contributed by atoms with van der Waals surface area (Å²) in [5.74, 6) is -0.211. The van der Waals surface area contributed by atoms with Crippen molar-refractivity contribution >= 4 is 44.1 Å². The molecular formula is C18H19BrN2O3S. The summed E-state index contributed by atoms with van der Waals surface area (Å²) in [6.07, 6.45) is 3.19. The number of benzene rings is 1. The van der Waals surface area contributed by atoms with Crippen LogP contribution in [0.25, 0.3) is 0 Å². The van der Waals surface area contributed by atoms with Crippen LogP contribution in [0.4, 0.5) is 5.00 Å². The number of halogens is 1. The number of ether oxygens (including phenoxy) is 1. The fourth-order valence-electron chi connectivity index (χ4n) is 2.91. The number of nitrogens with two attached hydrogens (primary N) is 1. The van der Waals surface area contributed by atoms with Gasteiger partial charge in [-0.15, -0.1) is 11.3 Å². The van der Waals surface area contributed by atoms with Crippen molar-refractivity contribution in [2.45, 2.75) is 38.7 Å². The summed E-state index contributed by atoms with van der Waals surface area (Å²) >= 11 is 4.84. The maximum atomic E-state index is 12.5. The van der Waals surface area contributed by atoms with Gasteiger partial charge in [-0.05, 0) is 66.2 Å². The zero-order valence-corrected chi connectivity index (χ0v) is 16.2. The van der Waals surface area contributed by atoms with E-state index in [-0.39, 0.29) is 5.91 Å². The molecule has 25 heavy (non-hydrogen) atoms. The van der Waals surface area contributed by atoms with E-state index >= 15 is 0 Å². The lowest BCUT2D eigenvalue weighted by Crippen LogP contribution is -2.30. The minimum absolute atomic E-state index is 0.308. The van der Waals surface area contributed by atoms with E-state index in [9.17, 15) is 9.59 Å².